The molecule has 98 valence electrons. The third-order valence-corrected chi connectivity index (χ3v) is 3.17. The highest BCUT2D eigenvalue weighted by Gasteiger charge is 2.30. The molecular weight excluding hydrogens is 228 g/mol. The maximum Gasteiger partial charge on any atom is 0.168 e. The summed E-state index contributed by atoms with van der Waals surface area (Å²) in [6.45, 7) is 8.87. The number of rotatable bonds is 5. The van der Waals surface area contributed by atoms with E-state index in [1.54, 1.807) is 26.0 Å². The third kappa shape index (κ3) is 3.50. The van der Waals surface area contributed by atoms with E-state index in [1.807, 2.05) is 6.92 Å². The lowest BCUT2D eigenvalue weighted by Crippen LogP contribution is -2.18. The molecule has 0 spiro atoms. The van der Waals surface area contributed by atoms with Crippen LogP contribution in [0.1, 0.15) is 33.6 Å². The van der Waals surface area contributed by atoms with Gasteiger partial charge in [-0.05, 0) is 44.4 Å². The number of hydrogen-bond donors (Lipinski definition) is 1. The van der Waals surface area contributed by atoms with Crippen LogP contribution in [0.3, 0.4) is 0 Å². The van der Waals surface area contributed by atoms with E-state index in [1.165, 1.54) is 0 Å². The summed E-state index contributed by atoms with van der Waals surface area (Å²) in [5.41, 5.74) is 2.11. The minimum absolute atomic E-state index is 0.0342. The Bertz CT molecular complexity index is 441. The number of allylic oxidation sites excluding steroid dienone is 3. The molecule has 0 aromatic heterocycles. The van der Waals surface area contributed by atoms with Crippen molar-refractivity contribution >= 4 is 11.6 Å². The number of Topliss-reactive ketones (excluding diaryl/α,β-unsaturated/α-hetero) is 2. The van der Waals surface area contributed by atoms with Crippen LogP contribution in [0.5, 0.6) is 0 Å². The molecule has 0 saturated heterocycles. The molecule has 0 aromatic rings. The van der Waals surface area contributed by atoms with Crippen molar-refractivity contribution in [2.45, 2.75) is 39.7 Å². The molecule has 0 aromatic carbocycles. The van der Waals surface area contributed by atoms with E-state index in [-0.39, 0.29) is 11.6 Å². The first-order valence-electron chi connectivity index (χ1n) is 6.09. The minimum Gasteiger partial charge on any atom is -0.388 e. The van der Waals surface area contributed by atoms with Crippen molar-refractivity contribution in [3.05, 3.63) is 35.5 Å². The molecule has 2 unspecified atom stereocenters. The number of carbonyl (C=O) groups excluding carboxylic acids is 2. The zero-order valence-electron chi connectivity index (χ0n) is 11.2. The van der Waals surface area contributed by atoms with E-state index in [4.69, 9.17) is 0 Å². The first-order chi connectivity index (χ1) is 8.32. The van der Waals surface area contributed by atoms with Crippen molar-refractivity contribution in [1.29, 1.82) is 0 Å². The van der Waals surface area contributed by atoms with Gasteiger partial charge in [-0.25, -0.2) is 0 Å². The standard InChI is InChI=1S/C15H20O3/c1-9(2)13(16)6-5-10(3)7-12-14(17)8-11(4)15(12)18/h7-8,12,14,17H,1,5-6H2,2-4H3. The maximum atomic E-state index is 11.7. The fourth-order valence-corrected chi connectivity index (χ4v) is 1.95. The molecule has 1 N–H and O–H groups in total. The highest BCUT2D eigenvalue weighted by atomic mass is 16.3. The van der Waals surface area contributed by atoms with Gasteiger partial charge in [0.25, 0.3) is 0 Å². The molecule has 1 aliphatic rings. The quantitative estimate of drug-likeness (QED) is 0.600. The largest absolute Gasteiger partial charge is 0.388 e. The Balaban J connectivity index is 2.60. The molecule has 0 bridgehead atoms. The predicted octanol–water partition coefficient (Wildman–Crippen LogP) is 2.36. The molecular formula is C15H20O3. The summed E-state index contributed by atoms with van der Waals surface area (Å²) in [6.07, 6.45) is 3.62. The van der Waals surface area contributed by atoms with Crippen LogP contribution in [0.2, 0.25) is 0 Å². The van der Waals surface area contributed by atoms with Crippen LogP contribution in [0.4, 0.5) is 0 Å². The van der Waals surface area contributed by atoms with Crippen LogP contribution in [-0.2, 0) is 9.59 Å². The summed E-state index contributed by atoms with van der Waals surface area (Å²) < 4.78 is 0. The van der Waals surface area contributed by atoms with Gasteiger partial charge in [0.2, 0.25) is 0 Å². The van der Waals surface area contributed by atoms with Crippen molar-refractivity contribution in [2.24, 2.45) is 5.92 Å². The molecule has 18 heavy (non-hydrogen) atoms. The molecule has 3 heteroatoms. The lowest BCUT2D eigenvalue weighted by atomic mass is 9.96. The Morgan fingerprint density at radius 2 is 2.06 bits per heavy atom. The number of aliphatic hydroxyl groups excluding tert-OH is 1. The zero-order valence-corrected chi connectivity index (χ0v) is 11.2. The van der Waals surface area contributed by atoms with Crippen molar-refractivity contribution in [2.75, 3.05) is 0 Å². The summed E-state index contributed by atoms with van der Waals surface area (Å²) in [4.78, 5) is 23.2. The highest BCUT2D eigenvalue weighted by Crippen LogP contribution is 2.24. The normalized spacial score (nSPS) is 24.1. The lowest BCUT2D eigenvalue weighted by Gasteiger charge is -2.10. The van der Waals surface area contributed by atoms with E-state index in [9.17, 15) is 14.7 Å². The molecule has 2 atom stereocenters. The molecule has 1 rings (SSSR count). The van der Waals surface area contributed by atoms with Gasteiger partial charge in [0.15, 0.2) is 11.6 Å². The first kappa shape index (κ1) is 14.6. The van der Waals surface area contributed by atoms with Crippen molar-refractivity contribution in [3.63, 3.8) is 0 Å². The van der Waals surface area contributed by atoms with E-state index >= 15 is 0 Å². The Hall–Kier alpha value is -1.48. The SMILES string of the molecule is C=C(C)C(=O)CCC(C)=CC1C(=O)C(C)=CC1O. The fraction of sp³-hybridized carbons (Fsp3) is 0.467. The Kier molecular flexibility index (Phi) is 4.79. The van der Waals surface area contributed by atoms with Crippen molar-refractivity contribution < 1.29 is 14.7 Å². The fourth-order valence-electron chi connectivity index (χ4n) is 1.95. The molecule has 0 fully saturated rings. The van der Waals surface area contributed by atoms with E-state index in [0.29, 0.717) is 24.0 Å². The Morgan fingerprint density at radius 3 is 2.50 bits per heavy atom. The number of carbonyl (C=O) groups is 2. The zero-order chi connectivity index (χ0) is 13.9. The second kappa shape index (κ2) is 5.91. The molecule has 0 radical (unpaired) electrons. The predicted molar refractivity (Wildman–Crippen MR) is 71.1 cm³/mol. The number of ketones is 2. The van der Waals surface area contributed by atoms with Crippen LogP contribution >= 0.6 is 0 Å². The second-order valence-corrected chi connectivity index (χ2v) is 4.95. The molecule has 0 aliphatic heterocycles. The molecule has 0 heterocycles. The lowest BCUT2D eigenvalue weighted by molar-refractivity contribution is -0.118. The Labute approximate surface area is 108 Å². The van der Waals surface area contributed by atoms with Gasteiger partial charge in [-0.15, -0.1) is 0 Å². The topological polar surface area (TPSA) is 54.4 Å². The second-order valence-electron chi connectivity index (χ2n) is 4.95. The van der Waals surface area contributed by atoms with Crippen LogP contribution in [-0.4, -0.2) is 22.8 Å². The van der Waals surface area contributed by atoms with Gasteiger partial charge < -0.3 is 5.11 Å². The van der Waals surface area contributed by atoms with Crippen LogP contribution in [0.25, 0.3) is 0 Å². The average molecular weight is 248 g/mol. The molecule has 3 nitrogen and oxygen atoms in total. The third-order valence-electron chi connectivity index (χ3n) is 3.17. The minimum atomic E-state index is -0.732. The van der Waals surface area contributed by atoms with E-state index in [0.717, 1.165) is 5.57 Å². The van der Waals surface area contributed by atoms with E-state index < -0.39 is 12.0 Å². The summed E-state index contributed by atoms with van der Waals surface area (Å²) in [5, 5.41) is 9.72. The van der Waals surface area contributed by atoms with E-state index in [2.05, 4.69) is 6.58 Å². The molecule has 0 amide bonds. The van der Waals surface area contributed by atoms with Gasteiger partial charge in [0.05, 0.1) is 12.0 Å². The van der Waals surface area contributed by atoms with Gasteiger partial charge in [-0.2, -0.15) is 0 Å². The Morgan fingerprint density at radius 1 is 1.44 bits per heavy atom. The summed E-state index contributed by atoms with van der Waals surface area (Å²) in [6, 6.07) is 0. The number of aliphatic hydroxyl groups is 1. The van der Waals surface area contributed by atoms with Crippen LogP contribution in [0, 0.1) is 5.92 Å². The number of hydrogen-bond acceptors (Lipinski definition) is 3. The van der Waals surface area contributed by atoms with Gasteiger partial charge >= 0.3 is 0 Å². The van der Waals surface area contributed by atoms with Crippen molar-refractivity contribution in [1.82, 2.24) is 0 Å². The van der Waals surface area contributed by atoms with Gasteiger partial charge in [-0.3, -0.25) is 9.59 Å². The average Bonchev–Trinajstić information content (AvgIpc) is 2.52. The highest BCUT2D eigenvalue weighted by molar-refractivity contribution is 6.01. The van der Waals surface area contributed by atoms with Crippen molar-refractivity contribution in [3.8, 4) is 0 Å². The van der Waals surface area contributed by atoms with Gasteiger partial charge in [0.1, 0.15) is 0 Å². The summed E-state index contributed by atoms with van der Waals surface area (Å²) in [7, 11) is 0. The monoisotopic (exact) mass is 248 g/mol. The van der Waals surface area contributed by atoms with Gasteiger partial charge in [0, 0.05) is 6.42 Å². The maximum absolute atomic E-state index is 11.7. The van der Waals surface area contributed by atoms with Crippen LogP contribution in [0.15, 0.2) is 35.5 Å². The molecule has 1 aliphatic carbocycles. The summed E-state index contributed by atoms with van der Waals surface area (Å²) in [5.74, 6) is -0.478. The summed E-state index contributed by atoms with van der Waals surface area (Å²) >= 11 is 0. The smallest absolute Gasteiger partial charge is 0.168 e. The van der Waals surface area contributed by atoms with Gasteiger partial charge in [-0.1, -0.05) is 18.2 Å². The first-order valence-corrected chi connectivity index (χ1v) is 6.09. The van der Waals surface area contributed by atoms with Crippen LogP contribution < -0.4 is 0 Å². The molecule has 0 saturated carbocycles.